The minimum Gasteiger partial charge on any atom is -0.492 e. The number of hydrogen-bond acceptors (Lipinski definition) is 5. The number of halogens is 3. The third kappa shape index (κ3) is 5.54. The van der Waals surface area contributed by atoms with Crippen LogP contribution in [0.3, 0.4) is 0 Å². The Hall–Kier alpha value is -3.72. The summed E-state index contributed by atoms with van der Waals surface area (Å²) in [6.45, 7) is 5.24. The molecule has 1 fully saturated rings. The van der Waals surface area contributed by atoms with Crippen molar-refractivity contribution in [3.05, 3.63) is 75.8 Å². The molecular weight excluding hydrogens is 549 g/mol. The molecule has 42 heavy (non-hydrogen) atoms. The lowest BCUT2D eigenvalue weighted by Crippen LogP contribution is -2.25. The summed E-state index contributed by atoms with van der Waals surface area (Å²) < 4.78 is 66.9. The molecule has 1 unspecified atom stereocenters. The minimum absolute atomic E-state index is 0.0189. The fourth-order valence-corrected chi connectivity index (χ4v) is 6.56. The van der Waals surface area contributed by atoms with Crippen molar-refractivity contribution in [2.24, 2.45) is 0 Å². The van der Waals surface area contributed by atoms with Crippen LogP contribution in [0, 0.1) is 13.8 Å². The Bertz CT molecular complexity index is 1490. The standard InChI is InChI=1S/C33H33F3O6/c1-18-13-23(41-21-9-11-39-12-10-21)14-19(2)31(18)32-26-6-8-28(25(26)5-7-27(32)33(34,35)36)42-22-3-4-24-20(15-30(37)38)17-40-29(24)16-22/h3-5,7,13-14,16,20-21,28H,6,8-12,15,17H2,1-2H3,(H,37,38)/t20?,28-/m1/s1. The maximum absolute atomic E-state index is 14.4. The quantitative estimate of drug-likeness (QED) is 0.310. The van der Waals surface area contributed by atoms with E-state index in [-0.39, 0.29) is 24.0 Å². The number of aliphatic carboxylic acids is 1. The summed E-state index contributed by atoms with van der Waals surface area (Å²) in [5.74, 6) is 0.667. The number of ether oxygens (including phenoxy) is 4. The minimum atomic E-state index is -4.52. The lowest BCUT2D eigenvalue weighted by molar-refractivity contribution is -0.138. The fourth-order valence-electron chi connectivity index (χ4n) is 6.56. The highest BCUT2D eigenvalue weighted by Gasteiger charge is 2.39. The third-order valence-electron chi connectivity index (χ3n) is 8.45. The number of rotatable bonds is 7. The van der Waals surface area contributed by atoms with Crippen molar-refractivity contribution in [3.8, 4) is 28.4 Å². The van der Waals surface area contributed by atoms with E-state index >= 15 is 0 Å². The predicted octanol–water partition coefficient (Wildman–Crippen LogP) is 7.56. The van der Waals surface area contributed by atoms with Gasteiger partial charge in [-0.25, -0.2) is 0 Å². The van der Waals surface area contributed by atoms with Crippen molar-refractivity contribution >= 4 is 5.97 Å². The molecule has 0 saturated carbocycles. The Morgan fingerprint density at radius 1 is 0.929 bits per heavy atom. The van der Waals surface area contributed by atoms with E-state index in [1.54, 1.807) is 18.2 Å². The molecule has 1 N–H and O–H groups in total. The summed E-state index contributed by atoms with van der Waals surface area (Å²) in [4.78, 5) is 11.2. The van der Waals surface area contributed by atoms with E-state index in [0.717, 1.165) is 35.1 Å². The molecule has 6 nitrogen and oxygen atoms in total. The van der Waals surface area contributed by atoms with Crippen LogP contribution >= 0.6 is 0 Å². The molecule has 2 heterocycles. The fraction of sp³-hybridized carbons (Fsp3) is 0.424. The lowest BCUT2D eigenvalue weighted by atomic mass is 9.86. The highest BCUT2D eigenvalue weighted by molar-refractivity contribution is 5.80. The largest absolute Gasteiger partial charge is 0.492 e. The molecule has 3 aromatic rings. The van der Waals surface area contributed by atoms with Crippen LogP contribution in [-0.2, 0) is 22.1 Å². The van der Waals surface area contributed by atoms with Crippen LogP contribution in [0.2, 0.25) is 0 Å². The Kier molecular flexibility index (Phi) is 7.55. The zero-order valence-corrected chi connectivity index (χ0v) is 23.6. The topological polar surface area (TPSA) is 74.2 Å². The second kappa shape index (κ2) is 11.2. The Balaban J connectivity index is 1.32. The molecule has 0 aromatic heterocycles. The number of carboxylic acids is 1. The number of benzene rings is 3. The molecule has 2 aliphatic heterocycles. The molecule has 1 saturated heterocycles. The van der Waals surface area contributed by atoms with Gasteiger partial charge in [0.1, 0.15) is 29.5 Å². The van der Waals surface area contributed by atoms with E-state index in [2.05, 4.69) is 0 Å². The summed E-state index contributed by atoms with van der Waals surface area (Å²) in [6.07, 6.45) is -2.39. The molecule has 0 spiro atoms. The highest BCUT2D eigenvalue weighted by Crippen LogP contribution is 2.49. The van der Waals surface area contributed by atoms with Gasteiger partial charge in [0.2, 0.25) is 0 Å². The number of aryl methyl sites for hydroxylation is 2. The van der Waals surface area contributed by atoms with Crippen molar-refractivity contribution < 1.29 is 42.0 Å². The number of hydrogen-bond donors (Lipinski definition) is 1. The summed E-state index contributed by atoms with van der Waals surface area (Å²) >= 11 is 0. The zero-order chi connectivity index (χ0) is 29.6. The second-order valence-corrected chi connectivity index (χ2v) is 11.4. The van der Waals surface area contributed by atoms with Crippen molar-refractivity contribution in [1.29, 1.82) is 0 Å². The van der Waals surface area contributed by atoms with E-state index < -0.39 is 23.8 Å². The maximum Gasteiger partial charge on any atom is 0.417 e. The number of carboxylic acid groups (broad SMARTS) is 1. The van der Waals surface area contributed by atoms with Crippen molar-refractivity contribution in [2.75, 3.05) is 19.8 Å². The van der Waals surface area contributed by atoms with Gasteiger partial charge in [-0.2, -0.15) is 13.2 Å². The van der Waals surface area contributed by atoms with Gasteiger partial charge in [0.05, 0.1) is 31.8 Å². The van der Waals surface area contributed by atoms with Gasteiger partial charge in [-0.05, 0) is 84.3 Å². The van der Waals surface area contributed by atoms with Crippen LogP contribution in [0.1, 0.15) is 71.1 Å². The smallest absolute Gasteiger partial charge is 0.417 e. The van der Waals surface area contributed by atoms with E-state index in [1.807, 2.05) is 32.0 Å². The molecule has 6 rings (SSSR count). The van der Waals surface area contributed by atoms with Crippen LogP contribution in [-0.4, -0.2) is 37.0 Å². The highest BCUT2D eigenvalue weighted by atomic mass is 19.4. The maximum atomic E-state index is 14.4. The molecule has 3 aliphatic rings. The molecular formula is C33H33F3O6. The van der Waals surface area contributed by atoms with Crippen LogP contribution in [0.4, 0.5) is 13.2 Å². The monoisotopic (exact) mass is 582 g/mol. The zero-order valence-electron chi connectivity index (χ0n) is 23.6. The molecule has 0 amide bonds. The molecule has 0 radical (unpaired) electrons. The SMILES string of the molecule is Cc1cc(OC2CCOCC2)cc(C)c1-c1c(C(F)(F)F)ccc2c1CC[C@H]2Oc1ccc2c(c1)OCC2CC(=O)O. The van der Waals surface area contributed by atoms with Crippen molar-refractivity contribution in [3.63, 3.8) is 0 Å². The first-order chi connectivity index (χ1) is 20.1. The van der Waals surface area contributed by atoms with Gasteiger partial charge in [-0.15, -0.1) is 0 Å². The first-order valence-electron chi connectivity index (χ1n) is 14.3. The Labute approximate surface area is 242 Å². The summed E-state index contributed by atoms with van der Waals surface area (Å²) in [5, 5.41) is 9.16. The molecule has 1 aliphatic carbocycles. The molecule has 9 heteroatoms. The van der Waals surface area contributed by atoms with Crippen LogP contribution in [0.15, 0.2) is 42.5 Å². The van der Waals surface area contributed by atoms with Crippen molar-refractivity contribution in [1.82, 2.24) is 0 Å². The third-order valence-corrected chi connectivity index (χ3v) is 8.45. The van der Waals surface area contributed by atoms with Gasteiger partial charge in [-0.3, -0.25) is 4.79 Å². The lowest BCUT2D eigenvalue weighted by Gasteiger charge is -2.25. The Morgan fingerprint density at radius 2 is 1.64 bits per heavy atom. The van der Waals surface area contributed by atoms with E-state index in [4.69, 9.17) is 24.1 Å². The first kappa shape index (κ1) is 28.4. The molecule has 2 atom stereocenters. The van der Waals surface area contributed by atoms with Gasteiger partial charge in [0.25, 0.3) is 0 Å². The van der Waals surface area contributed by atoms with Gasteiger partial charge < -0.3 is 24.1 Å². The van der Waals surface area contributed by atoms with E-state index in [1.165, 1.54) is 6.07 Å². The number of alkyl halides is 3. The number of fused-ring (bicyclic) bond motifs is 2. The molecule has 0 bridgehead atoms. The number of carbonyl (C=O) groups is 1. The molecule has 222 valence electrons. The van der Waals surface area contributed by atoms with Gasteiger partial charge >= 0.3 is 12.1 Å². The summed E-state index contributed by atoms with van der Waals surface area (Å²) in [5.41, 5.74) is 3.81. The first-order valence-corrected chi connectivity index (χ1v) is 14.3. The predicted molar refractivity (Wildman–Crippen MR) is 149 cm³/mol. The normalized spacial score (nSPS) is 20.1. The van der Waals surface area contributed by atoms with Crippen molar-refractivity contribution in [2.45, 2.75) is 70.3 Å². The van der Waals surface area contributed by atoms with Crippen LogP contribution in [0.5, 0.6) is 17.2 Å². The van der Waals surface area contributed by atoms with Gasteiger partial charge in [0, 0.05) is 30.4 Å². The average Bonchev–Trinajstić information content (AvgIpc) is 3.52. The van der Waals surface area contributed by atoms with Gasteiger partial charge in [-0.1, -0.05) is 12.1 Å². The van der Waals surface area contributed by atoms with E-state index in [9.17, 15) is 18.0 Å². The average molecular weight is 583 g/mol. The molecule has 3 aromatic carbocycles. The van der Waals surface area contributed by atoms with Crippen LogP contribution in [0.25, 0.3) is 11.1 Å². The second-order valence-electron chi connectivity index (χ2n) is 11.4. The summed E-state index contributed by atoms with van der Waals surface area (Å²) in [6, 6.07) is 11.7. The Morgan fingerprint density at radius 3 is 2.33 bits per heavy atom. The van der Waals surface area contributed by atoms with Crippen LogP contribution < -0.4 is 14.2 Å². The van der Waals surface area contributed by atoms with E-state index in [0.29, 0.717) is 61.0 Å². The van der Waals surface area contributed by atoms with Gasteiger partial charge in [0.15, 0.2) is 0 Å². The summed E-state index contributed by atoms with van der Waals surface area (Å²) in [7, 11) is 0.